The zero-order valence-electron chi connectivity index (χ0n) is 11.8. The molecule has 0 radical (unpaired) electrons. The second-order valence-corrected chi connectivity index (χ2v) is 4.70. The predicted molar refractivity (Wildman–Crippen MR) is 69.4 cm³/mol. The van der Waals surface area contributed by atoms with Crippen molar-refractivity contribution in [1.29, 1.82) is 0 Å². The van der Waals surface area contributed by atoms with Gasteiger partial charge in [-0.05, 0) is 18.8 Å². The summed E-state index contributed by atoms with van der Waals surface area (Å²) in [5.74, 6) is 0.144. The van der Waals surface area contributed by atoms with Gasteiger partial charge in [0.25, 0.3) is 0 Å². The lowest BCUT2D eigenvalue weighted by atomic mass is 10.1. The van der Waals surface area contributed by atoms with Crippen LogP contribution in [0.5, 0.6) is 0 Å². The first-order valence-electron chi connectivity index (χ1n) is 6.64. The Labute approximate surface area is 109 Å². The molecule has 0 aliphatic rings. The van der Waals surface area contributed by atoms with Gasteiger partial charge in [0.15, 0.2) is 5.69 Å². The van der Waals surface area contributed by atoms with Gasteiger partial charge in [0.2, 0.25) is 0 Å². The van der Waals surface area contributed by atoms with Gasteiger partial charge in [0.05, 0.1) is 12.8 Å². The number of nitrogens with zero attached hydrogens (tertiary/aromatic N) is 3. The van der Waals surface area contributed by atoms with Gasteiger partial charge in [-0.1, -0.05) is 38.8 Å². The Kier molecular flexibility index (Phi) is 5.82. The van der Waals surface area contributed by atoms with E-state index in [9.17, 15) is 4.79 Å². The van der Waals surface area contributed by atoms with E-state index in [1.54, 1.807) is 0 Å². The first-order valence-corrected chi connectivity index (χ1v) is 6.64. The SMILES string of the molecule is CCCc1c(C(=O)OC)nnn1CC(C)CCC. The Hall–Kier alpha value is -1.39. The van der Waals surface area contributed by atoms with Crippen molar-refractivity contribution >= 4 is 5.97 Å². The van der Waals surface area contributed by atoms with Crippen LogP contribution in [-0.2, 0) is 17.7 Å². The second-order valence-electron chi connectivity index (χ2n) is 4.70. The van der Waals surface area contributed by atoms with Crippen molar-refractivity contribution in [2.75, 3.05) is 7.11 Å². The van der Waals surface area contributed by atoms with E-state index in [1.807, 2.05) is 4.68 Å². The van der Waals surface area contributed by atoms with Gasteiger partial charge in [0.1, 0.15) is 0 Å². The van der Waals surface area contributed by atoms with E-state index in [1.165, 1.54) is 7.11 Å². The summed E-state index contributed by atoms with van der Waals surface area (Å²) in [5.41, 5.74) is 1.26. The van der Waals surface area contributed by atoms with E-state index in [0.717, 1.165) is 37.9 Å². The molecule has 0 saturated carbocycles. The molecule has 1 aromatic heterocycles. The fourth-order valence-corrected chi connectivity index (χ4v) is 2.10. The number of carbonyl (C=O) groups excluding carboxylic acids is 1. The number of aromatic nitrogens is 3. The molecule has 1 heterocycles. The van der Waals surface area contributed by atoms with Gasteiger partial charge in [-0.15, -0.1) is 5.10 Å². The zero-order valence-corrected chi connectivity index (χ0v) is 11.8. The van der Waals surface area contributed by atoms with Crippen molar-refractivity contribution in [3.63, 3.8) is 0 Å². The van der Waals surface area contributed by atoms with Crippen LogP contribution in [0, 0.1) is 5.92 Å². The van der Waals surface area contributed by atoms with E-state index in [2.05, 4.69) is 31.1 Å². The van der Waals surface area contributed by atoms with Crippen LogP contribution < -0.4 is 0 Å². The molecule has 5 nitrogen and oxygen atoms in total. The summed E-state index contributed by atoms with van der Waals surface area (Å²) < 4.78 is 6.59. The lowest BCUT2D eigenvalue weighted by Crippen LogP contribution is -2.14. The van der Waals surface area contributed by atoms with Crippen LogP contribution in [0.15, 0.2) is 0 Å². The average molecular weight is 253 g/mol. The van der Waals surface area contributed by atoms with Gasteiger partial charge in [-0.2, -0.15) is 0 Å². The maximum absolute atomic E-state index is 11.6. The summed E-state index contributed by atoms with van der Waals surface area (Å²) in [6.45, 7) is 7.25. The fourth-order valence-electron chi connectivity index (χ4n) is 2.10. The molecule has 0 aliphatic carbocycles. The summed E-state index contributed by atoms with van der Waals surface area (Å²) in [5, 5.41) is 8.05. The number of rotatable bonds is 7. The number of hydrogen-bond donors (Lipinski definition) is 0. The van der Waals surface area contributed by atoms with Crippen molar-refractivity contribution in [3.05, 3.63) is 11.4 Å². The van der Waals surface area contributed by atoms with E-state index in [4.69, 9.17) is 4.74 Å². The first kappa shape index (κ1) is 14.7. The molecule has 1 rings (SSSR count). The molecule has 1 atom stereocenters. The molecule has 0 aromatic carbocycles. The van der Waals surface area contributed by atoms with Crippen LogP contribution in [0.4, 0.5) is 0 Å². The topological polar surface area (TPSA) is 57.0 Å². The van der Waals surface area contributed by atoms with Crippen molar-refractivity contribution in [2.45, 2.75) is 53.0 Å². The number of carbonyl (C=O) groups is 1. The summed E-state index contributed by atoms with van der Waals surface area (Å²) in [7, 11) is 1.37. The molecule has 0 saturated heterocycles. The molecule has 102 valence electrons. The number of esters is 1. The minimum Gasteiger partial charge on any atom is -0.464 e. The van der Waals surface area contributed by atoms with Crippen molar-refractivity contribution < 1.29 is 9.53 Å². The standard InChI is InChI=1S/C13H23N3O2/c1-5-7-10(3)9-16-11(8-6-2)12(14-15-16)13(17)18-4/h10H,5-9H2,1-4H3. The number of hydrogen-bond acceptors (Lipinski definition) is 4. The van der Waals surface area contributed by atoms with Gasteiger partial charge in [-0.25, -0.2) is 9.48 Å². The summed E-state index contributed by atoms with van der Waals surface area (Å²) in [6, 6.07) is 0. The molecule has 0 aliphatic heterocycles. The van der Waals surface area contributed by atoms with Crippen LogP contribution in [0.25, 0.3) is 0 Å². The highest BCUT2D eigenvalue weighted by Gasteiger charge is 2.20. The highest BCUT2D eigenvalue weighted by atomic mass is 16.5. The third-order valence-corrected chi connectivity index (χ3v) is 2.97. The molecular weight excluding hydrogens is 230 g/mol. The molecule has 0 fully saturated rings. The molecule has 0 N–H and O–H groups in total. The smallest absolute Gasteiger partial charge is 0.360 e. The maximum atomic E-state index is 11.6. The third-order valence-electron chi connectivity index (χ3n) is 2.97. The Morgan fingerprint density at radius 2 is 2.11 bits per heavy atom. The van der Waals surface area contributed by atoms with Gasteiger partial charge in [-0.3, -0.25) is 0 Å². The third kappa shape index (κ3) is 3.55. The number of methoxy groups -OCH3 is 1. The number of ether oxygens (including phenoxy) is 1. The first-order chi connectivity index (χ1) is 8.63. The van der Waals surface area contributed by atoms with E-state index < -0.39 is 5.97 Å². The van der Waals surface area contributed by atoms with Crippen LogP contribution >= 0.6 is 0 Å². The Bertz CT molecular complexity index is 388. The lowest BCUT2D eigenvalue weighted by molar-refractivity contribution is 0.0592. The quantitative estimate of drug-likeness (QED) is 0.700. The summed E-state index contributed by atoms with van der Waals surface area (Å²) in [4.78, 5) is 11.6. The van der Waals surface area contributed by atoms with Crippen molar-refractivity contribution in [3.8, 4) is 0 Å². The molecular formula is C13H23N3O2. The molecule has 18 heavy (non-hydrogen) atoms. The minimum atomic E-state index is -0.396. The molecule has 0 spiro atoms. The minimum absolute atomic E-state index is 0.364. The van der Waals surface area contributed by atoms with Gasteiger partial charge in [0, 0.05) is 6.54 Å². The average Bonchev–Trinajstić information content (AvgIpc) is 2.72. The molecule has 0 bridgehead atoms. The van der Waals surface area contributed by atoms with Crippen LogP contribution in [-0.4, -0.2) is 28.1 Å². The van der Waals surface area contributed by atoms with Gasteiger partial charge < -0.3 is 4.74 Å². The highest BCUT2D eigenvalue weighted by molar-refractivity contribution is 5.88. The van der Waals surface area contributed by atoms with E-state index in [0.29, 0.717) is 11.6 Å². The second kappa shape index (κ2) is 7.13. The predicted octanol–water partition coefficient (Wildman–Crippen LogP) is 2.45. The summed E-state index contributed by atoms with van der Waals surface area (Å²) >= 11 is 0. The lowest BCUT2D eigenvalue weighted by Gasteiger charge is -2.12. The molecule has 0 amide bonds. The largest absolute Gasteiger partial charge is 0.464 e. The van der Waals surface area contributed by atoms with Gasteiger partial charge >= 0.3 is 5.97 Å². The Morgan fingerprint density at radius 3 is 2.67 bits per heavy atom. The van der Waals surface area contributed by atoms with Crippen molar-refractivity contribution in [2.24, 2.45) is 5.92 Å². The van der Waals surface area contributed by atoms with Crippen LogP contribution in [0.1, 0.15) is 56.2 Å². The van der Waals surface area contributed by atoms with Crippen LogP contribution in [0.3, 0.4) is 0 Å². The molecule has 1 unspecified atom stereocenters. The normalized spacial score (nSPS) is 12.4. The van der Waals surface area contributed by atoms with E-state index in [-0.39, 0.29) is 0 Å². The van der Waals surface area contributed by atoms with E-state index >= 15 is 0 Å². The van der Waals surface area contributed by atoms with Crippen molar-refractivity contribution in [1.82, 2.24) is 15.0 Å². The zero-order chi connectivity index (χ0) is 13.5. The van der Waals surface area contributed by atoms with Crippen LogP contribution in [0.2, 0.25) is 0 Å². The molecule has 5 heteroatoms. The summed E-state index contributed by atoms with van der Waals surface area (Å²) in [6.07, 6.45) is 4.07. The molecule has 1 aromatic rings. The Balaban J connectivity index is 2.90. The fraction of sp³-hybridized carbons (Fsp3) is 0.769. The monoisotopic (exact) mass is 253 g/mol. The Morgan fingerprint density at radius 1 is 1.39 bits per heavy atom. The highest BCUT2D eigenvalue weighted by Crippen LogP contribution is 2.14. The maximum Gasteiger partial charge on any atom is 0.360 e.